The van der Waals surface area contributed by atoms with E-state index in [4.69, 9.17) is 0 Å². The average Bonchev–Trinajstić information content (AvgIpc) is 2.98. The zero-order chi connectivity index (χ0) is 16.5. The van der Waals surface area contributed by atoms with E-state index in [9.17, 15) is 4.79 Å². The molecular formula is C21H26N2O. The molecule has 3 saturated carbocycles. The molecule has 4 atom stereocenters. The number of para-hydroxylation sites is 1. The number of anilines is 1. The minimum atomic E-state index is 0.121. The molecule has 24 heavy (non-hydrogen) atoms. The second-order valence-electron chi connectivity index (χ2n) is 8.17. The molecule has 0 amide bonds. The van der Waals surface area contributed by atoms with Crippen LogP contribution in [-0.2, 0) is 10.2 Å². The molecule has 3 nitrogen and oxygen atoms in total. The number of nitrogens with zero attached hydrogens (tertiary/aromatic N) is 2. The van der Waals surface area contributed by atoms with Crippen LogP contribution in [0.1, 0.15) is 37.7 Å². The van der Waals surface area contributed by atoms with E-state index in [2.05, 4.69) is 47.7 Å². The first-order valence-corrected chi connectivity index (χ1v) is 9.37. The van der Waals surface area contributed by atoms with Gasteiger partial charge in [-0.2, -0.15) is 0 Å². The van der Waals surface area contributed by atoms with Crippen molar-refractivity contribution in [2.24, 2.45) is 5.92 Å². The van der Waals surface area contributed by atoms with Crippen LogP contribution in [0.5, 0.6) is 0 Å². The Kier molecular flexibility index (Phi) is 2.90. The third-order valence-electron chi connectivity index (χ3n) is 7.72. The Morgan fingerprint density at radius 3 is 2.96 bits per heavy atom. The number of Topliss-reactive ketones (excluding diaryl/α,β-unsaturated/α-hetero) is 1. The van der Waals surface area contributed by atoms with Gasteiger partial charge in [-0.05, 0) is 43.9 Å². The molecule has 0 aromatic heterocycles. The molecule has 2 aliphatic heterocycles. The summed E-state index contributed by atoms with van der Waals surface area (Å²) in [5.74, 6) is 0.718. The van der Waals surface area contributed by atoms with Gasteiger partial charge < -0.3 is 4.90 Å². The van der Waals surface area contributed by atoms with E-state index in [1.54, 1.807) is 0 Å². The molecular weight excluding hydrogens is 296 g/mol. The minimum absolute atomic E-state index is 0.121. The summed E-state index contributed by atoms with van der Waals surface area (Å²) in [6.07, 6.45) is 7.18. The lowest BCUT2D eigenvalue weighted by molar-refractivity contribution is -0.125. The molecule has 3 heteroatoms. The molecule has 1 unspecified atom stereocenters. The Balaban J connectivity index is 1.79. The van der Waals surface area contributed by atoms with Crippen LogP contribution in [0, 0.1) is 5.92 Å². The van der Waals surface area contributed by atoms with E-state index < -0.39 is 0 Å². The molecule has 2 bridgehead atoms. The lowest BCUT2D eigenvalue weighted by Crippen LogP contribution is -2.65. The summed E-state index contributed by atoms with van der Waals surface area (Å²) in [4.78, 5) is 18.1. The Morgan fingerprint density at radius 2 is 2.12 bits per heavy atom. The van der Waals surface area contributed by atoms with Crippen molar-refractivity contribution in [2.75, 3.05) is 25.0 Å². The smallest absolute Gasteiger partial charge is 0.137 e. The second kappa shape index (κ2) is 4.72. The SMILES string of the molecule is C=CCN1CC[C@]23c4ccccc4N(C)[C@@]24CCC(=O)[C@H](CC4)C13. The first-order chi connectivity index (χ1) is 11.7. The fourth-order valence-corrected chi connectivity index (χ4v) is 6.92. The monoisotopic (exact) mass is 322 g/mol. The van der Waals surface area contributed by atoms with E-state index in [0.29, 0.717) is 11.8 Å². The van der Waals surface area contributed by atoms with Gasteiger partial charge in [-0.25, -0.2) is 0 Å². The van der Waals surface area contributed by atoms with Crippen LogP contribution in [-0.4, -0.2) is 42.4 Å². The van der Waals surface area contributed by atoms with Crippen molar-refractivity contribution in [2.45, 2.75) is 49.1 Å². The Hall–Kier alpha value is -1.61. The van der Waals surface area contributed by atoms with Gasteiger partial charge in [0.25, 0.3) is 0 Å². The van der Waals surface area contributed by atoms with E-state index >= 15 is 0 Å². The highest BCUT2D eigenvalue weighted by Crippen LogP contribution is 2.66. The van der Waals surface area contributed by atoms with Crippen LogP contribution in [0.3, 0.4) is 0 Å². The van der Waals surface area contributed by atoms with Crippen LogP contribution in [0.4, 0.5) is 5.69 Å². The quantitative estimate of drug-likeness (QED) is 0.782. The van der Waals surface area contributed by atoms with Gasteiger partial charge in [0.2, 0.25) is 0 Å². The van der Waals surface area contributed by atoms with Gasteiger partial charge in [-0.15, -0.1) is 6.58 Å². The first-order valence-electron chi connectivity index (χ1n) is 9.37. The van der Waals surface area contributed by atoms with E-state index in [-0.39, 0.29) is 16.9 Å². The molecule has 1 aromatic rings. The Morgan fingerprint density at radius 1 is 1.29 bits per heavy atom. The van der Waals surface area contributed by atoms with Gasteiger partial charge in [0.1, 0.15) is 5.78 Å². The van der Waals surface area contributed by atoms with Crippen LogP contribution in [0.15, 0.2) is 36.9 Å². The molecule has 0 radical (unpaired) electrons. The number of likely N-dealkylation sites (tertiary alicyclic amines) is 1. The highest BCUT2D eigenvalue weighted by Gasteiger charge is 2.71. The number of hydrogen-bond acceptors (Lipinski definition) is 3. The van der Waals surface area contributed by atoms with Gasteiger partial charge in [0, 0.05) is 43.1 Å². The number of rotatable bonds is 2. The number of carbonyl (C=O) groups is 1. The van der Waals surface area contributed by atoms with Crippen molar-refractivity contribution >= 4 is 11.5 Å². The van der Waals surface area contributed by atoms with Gasteiger partial charge in [0.15, 0.2) is 0 Å². The van der Waals surface area contributed by atoms with Crippen LogP contribution < -0.4 is 4.90 Å². The van der Waals surface area contributed by atoms with Crippen molar-refractivity contribution in [3.63, 3.8) is 0 Å². The normalized spacial score (nSPS) is 40.2. The number of fused-ring (bicyclic) bond motifs is 4. The summed E-state index contributed by atoms with van der Waals surface area (Å²) in [6, 6.07) is 9.34. The summed E-state index contributed by atoms with van der Waals surface area (Å²) < 4.78 is 0. The largest absolute Gasteiger partial charge is 0.368 e. The lowest BCUT2D eigenvalue weighted by atomic mass is 9.55. The van der Waals surface area contributed by atoms with Crippen molar-refractivity contribution in [1.82, 2.24) is 4.90 Å². The molecule has 3 aliphatic carbocycles. The van der Waals surface area contributed by atoms with Gasteiger partial charge in [0.05, 0.1) is 5.54 Å². The standard InChI is InChI=1S/C21H26N2O/c1-3-13-23-14-12-21-16-6-4-5-7-17(16)22(2)20(21)10-8-15(19(21)23)18(24)9-11-20/h3-7,15,19H,1,8-14H2,2H3/t15-,19?,20-,21+/m0/s1. The van der Waals surface area contributed by atoms with Crippen LogP contribution in [0.25, 0.3) is 0 Å². The molecule has 6 rings (SSSR count). The van der Waals surface area contributed by atoms with Gasteiger partial charge in [-0.1, -0.05) is 24.3 Å². The first kappa shape index (κ1) is 14.7. The zero-order valence-corrected chi connectivity index (χ0v) is 14.5. The minimum Gasteiger partial charge on any atom is -0.368 e. The van der Waals surface area contributed by atoms with Crippen molar-refractivity contribution < 1.29 is 4.79 Å². The molecule has 1 saturated heterocycles. The lowest BCUT2D eigenvalue weighted by Gasteiger charge is -2.55. The summed E-state index contributed by atoms with van der Waals surface area (Å²) in [6.45, 7) is 5.96. The summed E-state index contributed by atoms with van der Waals surface area (Å²) in [5.41, 5.74) is 3.15. The molecule has 2 heterocycles. The number of carbonyl (C=O) groups excluding carboxylic acids is 1. The maximum absolute atomic E-state index is 12.9. The Labute approximate surface area is 144 Å². The topological polar surface area (TPSA) is 23.6 Å². The molecule has 0 N–H and O–H groups in total. The third-order valence-corrected chi connectivity index (χ3v) is 7.72. The van der Waals surface area contributed by atoms with Crippen LogP contribution in [0.2, 0.25) is 0 Å². The van der Waals surface area contributed by atoms with Gasteiger partial charge in [-0.3, -0.25) is 9.69 Å². The second-order valence-corrected chi connectivity index (χ2v) is 8.17. The van der Waals surface area contributed by atoms with Crippen molar-refractivity contribution in [1.29, 1.82) is 0 Å². The maximum Gasteiger partial charge on any atom is 0.137 e. The predicted octanol–water partition coefficient (Wildman–Crippen LogP) is 3.15. The molecule has 2 spiro atoms. The zero-order valence-electron chi connectivity index (χ0n) is 14.5. The van der Waals surface area contributed by atoms with Crippen molar-refractivity contribution in [3.8, 4) is 0 Å². The highest BCUT2D eigenvalue weighted by atomic mass is 16.1. The number of hydrogen-bond donors (Lipinski definition) is 0. The van der Waals surface area contributed by atoms with Crippen LogP contribution >= 0.6 is 0 Å². The van der Waals surface area contributed by atoms with E-state index in [1.165, 1.54) is 17.7 Å². The highest BCUT2D eigenvalue weighted by molar-refractivity contribution is 5.85. The molecule has 5 aliphatic rings. The third kappa shape index (κ3) is 1.42. The Bertz CT molecular complexity index is 728. The number of ketones is 1. The predicted molar refractivity (Wildman–Crippen MR) is 96.4 cm³/mol. The number of benzene rings is 1. The maximum atomic E-state index is 12.9. The van der Waals surface area contributed by atoms with Gasteiger partial charge >= 0.3 is 0 Å². The fourth-order valence-electron chi connectivity index (χ4n) is 6.92. The number of likely N-dealkylation sites (N-methyl/N-ethyl adjacent to an activating group) is 1. The average molecular weight is 322 g/mol. The fraction of sp³-hybridized carbons (Fsp3) is 0.571. The molecule has 4 fully saturated rings. The summed E-state index contributed by atoms with van der Waals surface area (Å²) in [7, 11) is 2.27. The van der Waals surface area contributed by atoms with Crippen molar-refractivity contribution in [3.05, 3.63) is 42.5 Å². The van der Waals surface area contributed by atoms with E-state index in [0.717, 1.165) is 38.8 Å². The molecule has 1 aromatic carbocycles. The van der Waals surface area contributed by atoms with E-state index in [1.807, 2.05) is 6.08 Å². The summed E-state index contributed by atoms with van der Waals surface area (Å²) >= 11 is 0. The summed E-state index contributed by atoms with van der Waals surface area (Å²) in [5, 5.41) is 0. The molecule has 126 valence electrons.